The molecule has 0 saturated carbocycles. The quantitative estimate of drug-likeness (QED) is 0.178. The number of aryl methyl sites for hydroxylation is 1. The minimum absolute atomic E-state index is 0.637. The molecule has 0 fully saturated rings. The van der Waals surface area contributed by atoms with Crippen LogP contribution in [0.25, 0.3) is 11.3 Å². The molecular formula is C37H29Cl2NO3S. The maximum absolute atomic E-state index is 7.31. The molecule has 0 amide bonds. The van der Waals surface area contributed by atoms with Gasteiger partial charge in [0.25, 0.3) is 0 Å². The molecule has 7 heteroatoms. The number of aliphatic imine (C=N–C) groups is 1. The van der Waals surface area contributed by atoms with Gasteiger partial charge in [0, 0.05) is 26.7 Å². The van der Waals surface area contributed by atoms with E-state index in [1.54, 1.807) is 26.0 Å². The number of hydrogen-bond acceptors (Lipinski definition) is 5. The number of methoxy groups -OCH3 is 2. The maximum Gasteiger partial charge on any atom is 0.211 e. The van der Waals surface area contributed by atoms with Gasteiger partial charge in [-0.05, 0) is 97.0 Å². The van der Waals surface area contributed by atoms with Crippen LogP contribution in [0.5, 0.6) is 11.5 Å². The standard InChI is InChI=1S/C37H29Cl2NO3S/c1-24-4-18-31(19-5-24)40-36-34(25-6-14-29(38)15-7-25)35(26-8-16-30(39)17-9-26)43-37(44-36,27-10-20-32(41-2)21-11-27)28-12-22-33(42-3)23-13-28/h4-23H,1-3H3. The first-order valence-corrected chi connectivity index (χ1v) is 15.5. The van der Waals surface area contributed by atoms with Gasteiger partial charge in [-0.2, -0.15) is 0 Å². The first kappa shape index (κ1) is 29.9. The topological polar surface area (TPSA) is 40.0 Å². The van der Waals surface area contributed by atoms with Gasteiger partial charge in [0.15, 0.2) is 0 Å². The third-order valence-corrected chi connectivity index (χ3v) is 9.21. The van der Waals surface area contributed by atoms with Crippen LogP contribution in [-0.2, 0) is 9.67 Å². The number of ether oxygens (including phenoxy) is 3. The Balaban J connectivity index is 1.68. The molecule has 0 aromatic heterocycles. The van der Waals surface area contributed by atoms with Crippen LogP contribution in [0.1, 0.15) is 27.8 Å². The van der Waals surface area contributed by atoms with E-state index < -0.39 is 4.93 Å². The van der Waals surface area contributed by atoms with Gasteiger partial charge in [0.2, 0.25) is 4.93 Å². The van der Waals surface area contributed by atoms with Crippen molar-refractivity contribution in [2.75, 3.05) is 14.2 Å². The zero-order valence-electron chi connectivity index (χ0n) is 24.4. The smallest absolute Gasteiger partial charge is 0.211 e. The Bertz CT molecular complexity index is 1770. The largest absolute Gasteiger partial charge is 0.497 e. The Labute approximate surface area is 271 Å². The first-order chi connectivity index (χ1) is 21.4. The van der Waals surface area contributed by atoms with Crippen molar-refractivity contribution >= 4 is 57.0 Å². The molecule has 1 heterocycles. The summed E-state index contributed by atoms with van der Waals surface area (Å²) in [5, 5.41) is 2.08. The van der Waals surface area contributed by atoms with E-state index in [0.717, 1.165) is 55.6 Å². The monoisotopic (exact) mass is 637 g/mol. The fourth-order valence-corrected chi connectivity index (χ4v) is 6.63. The van der Waals surface area contributed by atoms with E-state index in [-0.39, 0.29) is 0 Å². The third-order valence-electron chi connectivity index (χ3n) is 7.37. The average Bonchev–Trinajstić information content (AvgIpc) is 3.06. The van der Waals surface area contributed by atoms with Crippen LogP contribution in [0.3, 0.4) is 0 Å². The summed E-state index contributed by atoms with van der Waals surface area (Å²) in [6, 6.07) is 39.5. The molecule has 5 aromatic rings. The Morgan fingerprint density at radius 2 is 1.09 bits per heavy atom. The van der Waals surface area contributed by atoms with Crippen LogP contribution in [0.15, 0.2) is 126 Å². The molecule has 0 bridgehead atoms. The molecule has 1 aliphatic rings. The Morgan fingerprint density at radius 1 is 0.614 bits per heavy atom. The molecule has 6 rings (SSSR count). The molecule has 0 N–H and O–H groups in total. The average molecular weight is 639 g/mol. The van der Waals surface area contributed by atoms with E-state index in [4.69, 9.17) is 42.4 Å². The van der Waals surface area contributed by atoms with Gasteiger partial charge in [0.05, 0.1) is 25.5 Å². The summed E-state index contributed by atoms with van der Waals surface area (Å²) in [4.78, 5) is 4.26. The molecule has 0 unspecified atom stereocenters. The fourth-order valence-electron chi connectivity index (χ4n) is 5.01. The van der Waals surface area contributed by atoms with Crippen LogP contribution in [0, 0.1) is 6.92 Å². The van der Waals surface area contributed by atoms with E-state index in [2.05, 4.69) is 19.1 Å². The zero-order valence-corrected chi connectivity index (χ0v) is 26.7. The highest BCUT2D eigenvalue weighted by Crippen LogP contribution is 2.55. The molecule has 0 radical (unpaired) electrons. The lowest BCUT2D eigenvalue weighted by Gasteiger charge is -2.40. The highest BCUT2D eigenvalue weighted by molar-refractivity contribution is 8.16. The van der Waals surface area contributed by atoms with Crippen molar-refractivity contribution in [3.63, 3.8) is 0 Å². The lowest BCUT2D eigenvalue weighted by atomic mass is 9.97. The van der Waals surface area contributed by atoms with Gasteiger partial charge in [-0.1, -0.05) is 77.3 Å². The summed E-state index contributed by atoms with van der Waals surface area (Å²) in [6.07, 6.45) is 0. The van der Waals surface area contributed by atoms with Crippen LogP contribution in [0.2, 0.25) is 10.0 Å². The second-order valence-corrected chi connectivity index (χ2v) is 12.3. The number of hydrogen-bond donors (Lipinski definition) is 0. The Morgan fingerprint density at radius 3 is 1.57 bits per heavy atom. The van der Waals surface area contributed by atoms with Crippen LogP contribution in [-0.4, -0.2) is 19.3 Å². The number of halogens is 2. The van der Waals surface area contributed by atoms with Crippen LogP contribution < -0.4 is 9.47 Å². The summed E-state index contributed by atoms with van der Waals surface area (Å²) < 4.78 is 18.3. The molecule has 44 heavy (non-hydrogen) atoms. The lowest BCUT2D eigenvalue weighted by Crippen LogP contribution is -2.33. The molecule has 0 spiro atoms. The number of thioether (sulfide) groups is 1. The second-order valence-electron chi connectivity index (χ2n) is 10.2. The van der Waals surface area contributed by atoms with E-state index >= 15 is 0 Å². The minimum Gasteiger partial charge on any atom is -0.497 e. The summed E-state index contributed by atoms with van der Waals surface area (Å²) in [7, 11) is 3.32. The highest BCUT2D eigenvalue weighted by atomic mass is 35.5. The summed E-state index contributed by atoms with van der Waals surface area (Å²) in [5.41, 5.74) is 6.49. The Kier molecular flexibility index (Phi) is 8.72. The second kappa shape index (κ2) is 12.8. The molecular weight excluding hydrogens is 609 g/mol. The molecule has 4 nitrogen and oxygen atoms in total. The molecule has 1 aliphatic heterocycles. The first-order valence-electron chi connectivity index (χ1n) is 14.0. The van der Waals surface area contributed by atoms with Gasteiger partial charge in [-0.25, -0.2) is 4.99 Å². The van der Waals surface area contributed by atoms with Gasteiger partial charge in [0.1, 0.15) is 22.3 Å². The molecule has 0 atom stereocenters. The van der Waals surface area contributed by atoms with Crippen molar-refractivity contribution in [1.82, 2.24) is 0 Å². The normalized spacial score (nSPS) is 15.2. The van der Waals surface area contributed by atoms with Crippen LogP contribution >= 0.6 is 35.0 Å². The number of rotatable bonds is 7. The predicted molar refractivity (Wildman–Crippen MR) is 183 cm³/mol. The molecule has 0 aliphatic carbocycles. The van der Waals surface area contributed by atoms with Gasteiger partial charge < -0.3 is 14.2 Å². The summed E-state index contributed by atoms with van der Waals surface area (Å²) in [6.45, 7) is 2.07. The van der Waals surface area contributed by atoms with Crippen LogP contribution in [0.4, 0.5) is 5.69 Å². The number of benzene rings is 5. The maximum atomic E-state index is 7.31. The molecule has 0 saturated heterocycles. The lowest BCUT2D eigenvalue weighted by molar-refractivity contribution is 0.173. The molecule has 5 aromatic carbocycles. The van der Waals surface area contributed by atoms with E-state index in [0.29, 0.717) is 15.8 Å². The summed E-state index contributed by atoms with van der Waals surface area (Å²) in [5.74, 6) is 2.17. The van der Waals surface area contributed by atoms with Gasteiger partial charge >= 0.3 is 0 Å². The summed E-state index contributed by atoms with van der Waals surface area (Å²) >= 11 is 14.2. The highest BCUT2D eigenvalue weighted by Gasteiger charge is 2.46. The van der Waals surface area contributed by atoms with E-state index in [1.807, 2.05) is 109 Å². The Hall–Kier alpha value is -4.16. The zero-order chi connectivity index (χ0) is 30.7. The molecule has 220 valence electrons. The third kappa shape index (κ3) is 6.09. The number of nitrogens with zero attached hydrogens (tertiary/aromatic N) is 1. The van der Waals surface area contributed by atoms with Gasteiger partial charge in [-0.3, -0.25) is 0 Å². The predicted octanol–water partition coefficient (Wildman–Crippen LogP) is 10.6. The van der Waals surface area contributed by atoms with Crippen molar-refractivity contribution in [2.45, 2.75) is 11.9 Å². The van der Waals surface area contributed by atoms with E-state index in [9.17, 15) is 0 Å². The van der Waals surface area contributed by atoms with Crippen molar-refractivity contribution in [1.29, 1.82) is 0 Å². The van der Waals surface area contributed by atoms with Gasteiger partial charge in [-0.15, -0.1) is 0 Å². The SMILES string of the molecule is COc1ccc(C2(c3ccc(OC)cc3)OC(c3ccc(Cl)cc3)=C(c3ccc(Cl)cc3)C(=Nc3ccc(C)cc3)S2)cc1. The van der Waals surface area contributed by atoms with Crippen molar-refractivity contribution < 1.29 is 14.2 Å². The van der Waals surface area contributed by atoms with Crippen molar-refractivity contribution in [2.24, 2.45) is 4.99 Å². The minimum atomic E-state index is -1.02. The van der Waals surface area contributed by atoms with E-state index in [1.165, 1.54) is 0 Å². The van der Waals surface area contributed by atoms with Crippen molar-refractivity contribution in [3.8, 4) is 11.5 Å². The fraction of sp³-hybridized carbons (Fsp3) is 0.108. The van der Waals surface area contributed by atoms with Crippen molar-refractivity contribution in [3.05, 3.63) is 159 Å².